The Morgan fingerprint density at radius 3 is 2.58 bits per heavy atom. The lowest BCUT2D eigenvalue weighted by molar-refractivity contribution is -0.137. The van der Waals surface area contributed by atoms with Gasteiger partial charge in [0, 0.05) is 31.1 Å². The fourth-order valence-electron chi connectivity index (χ4n) is 3.38. The molecule has 1 aliphatic rings. The first-order chi connectivity index (χ1) is 11.1. The second kappa shape index (κ2) is 6.46. The van der Waals surface area contributed by atoms with Gasteiger partial charge in [-0.05, 0) is 37.0 Å². The van der Waals surface area contributed by atoms with Crippen LogP contribution in [0.15, 0.2) is 18.2 Å². The molecule has 1 aromatic carbocycles. The molecule has 24 heavy (non-hydrogen) atoms. The molecular weight excluding hydrogens is 317 g/mol. The van der Waals surface area contributed by atoms with Gasteiger partial charge in [0.05, 0.1) is 17.2 Å². The number of halogens is 3. The normalized spacial score (nSPS) is 20.5. The number of benzene rings is 1. The molecule has 0 aromatic heterocycles. The van der Waals surface area contributed by atoms with Crippen molar-refractivity contribution in [3.63, 3.8) is 0 Å². The van der Waals surface area contributed by atoms with Gasteiger partial charge in [0.15, 0.2) is 0 Å². The van der Waals surface area contributed by atoms with E-state index in [-0.39, 0.29) is 22.8 Å². The van der Waals surface area contributed by atoms with E-state index in [1.807, 2.05) is 25.7 Å². The van der Waals surface area contributed by atoms with Crippen LogP contribution in [0.5, 0.6) is 0 Å². The zero-order chi connectivity index (χ0) is 18.1. The molecule has 2 rings (SSSR count). The van der Waals surface area contributed by atoms with E-state index in [0.29, 0.717) is 25.1 Å². The summed E-state index contributed by atoms with van der Waals surface area (Å²) < 4.78 is 39.6. The number of carbonyl (C=O) groups is 1. The van der Waals surface area contributed by atoms with Crippen LogP contribution in [0.4, 0.5) is 18.9 Å². The highest BCUT2D eigenvalue weighted by molar-refractivity contribution is 5.81. The maximum atomic E-state index is 13.2. The van der Waals surface area contributed by atoms with Gasteiger partial charge in [-0.15, -0.1) is 0 Å². The minimum Gasteiger partial charge on any atom is -0.368 e. The fraction of sp³-hybridized carbons (Fsp3) is 0.556. The van der Waals surface area contributed by atoms with E-state index >= 15 is 0 Å². The molecule has 0 amide bonds. The lowest BCUT2D eigenvalue weighted by atomic mass is 9.72. The molecule has 1 fully saturated rings. The van der Waals surface area contributed by atoms with Crippen LogP contribution >= 0.6 is 0 Å². The van der Waals surface area contributed by atoms with Crippen molar-refractivity contribution in [1.82, 2.24) is 0 Å². The van der Waals surface area contributed by atoms with Crippen molar-refractivity contribution in [3.8, 4) is 6.07 Å². The van der Waals surface area contributed by atoms with Gasteiger partial charge < -0.3 is 4.90 Å². The Bertz CT molecular complexity index is 674. The molecule has 1 unspecified atom stereocenters. The van der Waals surface area contributed by atoms with E-state index in [1.165, 1.54) is 12.1 Å². The Morgan fingerprint density at radius 1 is 1.38 bits per heavy atom. The number of nitrogens with zero attached hydrogens (tertiary/aromatic N) is 2. The van der Waals surface area contributed by atoms with E-state index in [1.54, 1.807) is 6.07 Å². The summed E-state index contributed by atoms with van der Waals surface area (Å²) >= 11 is 0. The number of Topliss-reactive ketones (excluding diaryl/α,β-unsaturated/α-hetero) is 1. The van der Waals surface area contributed by atoms with Crippen LogP contribution in [-0.2, 0) is 11.0 Å². The number of nitriles is 1. The summed E-state index contributed by atoms with van der Waals surface area (Å²) in [5, 5.41) is 8.93. The van der Waals surface area contributed by atoms with Crippen molar-refractivity contribution in [2.75, 3.05) is 11.4 Å². The molecule has 3 nitrogen and oxygen atoms in total. The number of carbonyl (C=O) groups excluding carboxylic acids is 1. The number of anilines is 1. The van der Waals surface area contributed by atoms with Gasteiger partial charge in [-0.2, -0.15) is 18.4 Å². The highest BCUT2D eigenvalue weighted by Crippen LogP contribution is 2.41. The predicted molar refractivity (Wildman–Crippen MR) is 85.6 cm³/mol. The summed E-state index contributed by atoms with van der Waals surface area (Å²) in [5.74, 6) is 0.141. The smallest absolute Gasteiger partial charge is 0.368 e. The SMILES string of the molecule is CCN(c1ccc(C#N)c(C(F)(F)F)c1)C1CC(=O)CCC1(C)C. The van der Waals surface area contributed by atoms with Crippen LogP contribution in [0.25, 0.3) is 0 Å². The van der Waals surface area contributed by atoms with Crippen molar-refractivity contribution < 1.29 is 18.0 Å². The molecule has 0 saturated heterocycles. The number of ketones is 1. The van der Waals surface area contributed by atoms with Crippen molar-refractivity contribution in [3.05, 3.63) is 29.3 Å². The average molecular weight is 338 g/mol. The lowest BCUT2D eigenvalue weighted by Gasteiger charge is -2.45. The van der Waals surface area contributed by atoms with E-state index in [4.69, 9.17) is 5.26 Å². The Morgan fingerprint density at radius 2 is 2.04 bits per heavy atom. The standard InChI is InChI=1S/C18H21F3N2O/c1-4-23(16-10-14(24)7-8-17(16,2)3)13-6-5-12(11-22)15(9-13)18(19,20)21/h5-6,9,16H,4,7-8,10H2,1-3H3. The van der Waals surface area contributed by atoms with Gasteiger partial charge in [0.2, 0.25) is 0 Å². The third-order valence-corrected chi connectivity index (χ3v) is 4.85. The molecule has 0 radical (unpaired) electrons. The molecule has 0 N–H and O–H groups in total. The minimum atomic E-state index is -4.58. The molecule has 0 heterocycles. The van der Waals surface area contributed by atoms with Gasteiger partial charge in [0.1, 0.15) is 5.78 Å². The monoisotopic (exact) mass is 338 g/mol. The summed E-state index contributed by atoms with van der Waals surface area (Å²) in [4.78, 5) is 13.7. The first-order valence-corrected chi connectivity index (χ1v) is 8.00. The second-order valence-electron chi connectivity index (χ2n) is 6.87. The molecule has 1 aliphatic carbocycles. The molecule has 1 saturated carbocycles. The highest BCUT2D eigenvalue weighted by atomic mass is 19.4. The molecule has 0 bridgehead atoms. The highest BCUT2D eigenvalue weighted by Gasteiger charge is 2.40. The molecule has 1 aromatic rings. The van der Waals surface area contributed by atoms with Gasteiger partial charge in [-0.3, -0.25) is 4.79 Å². The van der Waals surface area contributed by atoms with Gasteiger partial charge in [-0.25, -0.2) is 0 Å². The first kappa shape index (κ1) is 18.3. The summed E-state index contributed by atoms with van der Waals surface area (Å²) in [7, 11) is 0. The zero-order valence-electron chi connectivity index (χ0n) is 14.1. The predicted octanol–water partition coefficient (Wildman–Crippen LogP) is 4.55. The van der Waals surface area contributed by atoms with Crippen molar-refractivity contribution in [2.24, 2.45) is 5.41 Å². The van der Waals surface area contributed by atoms with Crippen LogP contribution in [-0.4, -0.2) is 18.4 Å². The Labute approximate surface area is 140 Å². The van der Waals surface area contributed by atoms with Crippen LogP contribution < -0.4 is 4.90 Å². The fourth-order valence-corrected chi connectivity index (χ4v) is 3.38. The van der Waals surface area contributed by atoms with Crippen LogP contribution in [0.1, 0.15) is 51.2 Å². The van der Waals surface area contributed by atoms with E-state index in [9.17, 15) is 18.0 Å². The summed E-state index contributed by atoms with van der Waals surface area (Å²) in [6, 6.07) is 5.21. The van der Waals surface area contributed by atoms with E-state index in [2.05, 4.69) is 0 Å². The van der Waals surface area contributed by atoms with Gasteiger partial charge in [-0.1, -0.05) is 13.8 Å². The van der Waals surface area contributed by atoms with Crippen LogP contribution in [0.3, 0.4) is 0 Å². The van der Waals surface area contributed by atoms with Crippen LogP contribution in [0, 0.1) is 16.7 Å². The molecule has 1 atom stereocenters. The quantitative estimate of drug-likeness (QED) is 0.812. The Balaban J connectivity index is 2.48. The third kappa shape index (κ3) is 3.55. The minimum absolute atomic E-state index is 0.141. The number of rotatable bonds is 3. The summed E-state index contributed by atoms with van der Waals surface area (Å²) in [6.45, 7) is 6.44. The summed E-state index contributed by atoms with van der Waals surface area (Å²) in [5.41, 5.74) is -1.09. The number of alkyl halides is 3. The molecule has 0 aliphatic heterocycles. The maximum absolute atomic E-state index is 13.2. The topological polar surface area (TPSA) is 44.1 Å². The molecule has 130 valence electrons. The van der Waals surface area contributed by atoms with Gasteiger partial charge >= 0.3 is 6.18 Å². The zero-order valence-corrected chi connectivity index (χ0v) is 14.1. The largest absolute Gasteiger partial charge is 0.417 e. The Kier molecular flexibility index (Phi) is 4.93. The van der Waals surface area contributed by atoms with Crippen molar-refractivity contribution in [1.29, 1.82) is 5.26 Å². The molecule has 0 spiro atoms. The van der Waals surface area contributed by atoms with Crippen LogP contribution in [0.2, 0.25) is 0 Å². The number of hydrogen-bond acceptors (Lipinski definition) is 3. The first-order valence-electron chi connectivity index (χ1n) is 8.00. The average Bonchev–Trinajstić information content (AvgIpc) is 2.50. The van der Waals surface area contributed by atoms with Crippen molar-refractivity contribution in [2.45, 2.75) is 52.3 Å². The lowest BCUT2D eigenvalue weighted by Crippen LogP contribution is -2.49. The Hall–Kier alpha value is -2.03. The molecular formula is C18H21F3N2O. The number of hydrogen-bond donors (Lipinski definition) is 0. The molecule has 6 heteroatoms. The van der Waals surface area contributed by atoms with E-state index in [0.717, 1.165) is 12.5 Å². The summed E-state index contributed by atoms with van der Waals surface area (Å²) in [6.07, 6.45) is -3.02. The second-order valence-corrected chi connectivity index (χ2v) is 6.87. The third-order valence-electron chi connectivity index (χ3n) is 4.85. The van der Waals surface area contributed by atoms with E-state index < -0.39 is 11.7 Å². The van der Waals surface area contributed by atoms with Crippen molar-refractivity contribution >= 4 is 11.5 Å². The van der Waals surface area contributed by atoms with Gasteiger partial charge in [0.25, 0.3) is 0 Å². The maximum Gasteiger partial charge on any atom is 0.417 e.